The fourth-order valence-corrected chi connectivity index (χ4v) is 3.59. The summed E-state index contributed by atoms with van der Waals surface area (Å²) in [4.78, 5) is 20.9. The number of methoxy groups -OCH3 is 1. The van der Waals surface area contributed by atoms with Crippen molar-refractivity contribution in [2.24, 2.45) is 5.73 Å². The molecule has 4 N–H and O–H groups in total. The van der Waals surface area contributed by atoms with Crippen molar-refractivity contribution in [3.8, 4) is 16.9 Å². The van der Waals surface area contributed by atoms with E-state index in [0.717, 1.165) is 54.0 Å². The van der Waals surface area contributed by atoms with Crippen LogP contribution in [0.4, 0.5) is 5.82 Å². The van der Waals surface area contributed by atoms with Crippen LogP contribution in [0.25, 0.3) is 22.0 Å². The quantitative estimate of drug-likeness (QED) is 0.632. The van der Waals surface area contributed by atoms with Crippen LogP contribution in [0.1, 0.15) is 23.2 Å². The van der Waals surface area contributed by atoms with Crippen molar-refractivity contribution < 1.29 is 9.53 Å². The lowest BCUT2D eigenvalue weighted by molar-refractivity contribution is 0.100. The fourth-order valence-electron chi connectivity index (χ4n) is 3.59. The molecule has 0 saturated carbocycles. The van der Waals surface area contributed by atoms with Gasteiger partial charge in [0.05, 0.1) is 18.2 Å². The van der Waals surface area contributed by atoms with Gasteiger partial charge >= 0.3 is 0 Å². The first kappa shape index (κ1) is 18.2. The maximum absolute atomic E-state index is 12.1. The van der Waals surface area contributed by atoms with E-state index in [1.807, 2.05) is 30.3 Å². The van der Waals surface area contributed by atoms with Crippen LogP contribution in [0.15, 0.2) is 42.7 Å². The molecule has 1 atom stereocenters. The Kier molecular flexibility index (Phi) is 5.08. The third kappa shape index (κ3) is 3.61. The largest absolute Gasteiger partial charge is 0.497 e. The van der Waals surface area contributed by atoms with Crippen molar-refractivity contribution in [2.75, 3.05) is 25.5 Å². The molecule has 2 aromatic carbocycles. The monoisotopic (exact) mass is 377 g/mol. The third-order valence-corrected chi connectivity index (χ3v) is 5.07. The molecule has 3 aromatic rings. The molecule has 28 heavy (non-hydrogen) atoms. The second-order valence-electron chi connectivity index (χ2n) is 6.92. The smallest absolute Gasteiger partial charge is 0.250 e. The number of rotatable bonds is 5. The SMILES string of the molecule is COc1ccc(-c2cc(C(N)=O)c3ncnc(NC4CCCNC4)c3c2)cc1. The maximum Gasteiger partial charge on any atom is 0.250 e. The van der Waals surface area contributed by atoms with E-state index in [4.69, 9.17) is 10.5 Å². The number of fused-ring (bicyclic) bond motifs is 1. The van der Waals surface area contributed by atoms with Gasteiger partial charge in [-0.25, -0.2) is 9.97 Å². The number of aromatic nitrogens is 2. The number of primary amides is 1. The molecule has 1 aliphatic heterocycles. The van der Waals surface area contributed by atoms with Gasteiger partial charge in [-0.05, 0) is 54.8 Å². The van der Waals surface area contributed by atoms with Crippen LogP contribution >= 0.6 is 0 Å². The molecule has 4 rings (SSSR count). The van der Waals surface area contributed by atoms with Gasteiger partial charge in [0, 0.05) is 18.0 Å². The molecule has 144 valence electrons. The first-order chi connectivity index (χ1) is 13.7. The second kappa shape index (κ2) is 7.82. The number of hydrogen-bond donors (Lipinski definition) is 3. The minimum atomic E-state index is -0.510. The lowest BCUT2D eigenvalue weighted by Crippen LogP contribution is -2.38. The summed E-state index contributed by atoms with van der Waals surface area (Å²) in [6.07, 6.45) is 3.66. The summed E-state index contributed by atoms with van der Waals surface area (Å²) in [7, 11) is 1.63. The number of anilines is 1. The minimum absolute atomic E-state index is 0.286. The van der Waals surface area contributed by atoms with Crippen LogP contribution < -0.4 is 21.1 Å². The molecule has 1 saturated heterocycles. The Bertz CT molecular complexity index is 998. The summed E-state index contributed by atoms with van der Waals surface area (Å²) < 4.78 is 5.23. The number of ether oxygens (including phenoxy) is 1. The van der Waals surface area contributed by atoms with E-state index in [1.165, 1.54) is 6.33 Å². The number of benzene rings is 2. The molecule has 1 aliphatic rings. The molecule has 0 radical (unpaired) electrons. The maximum atomic E-state index is 12.1. The van der Waals surface area contributed by atoms with E-state index in [9.17, 15) is 4.79 Å². The van der Waals surface area contributed by atoms with Gasteiger partial charge in [0.1, 0.15) is 17.9 Å². The zero-order chi connectivity index (χ0) is 19.5. The number of carbonyl (C=O) groups is 1. The topological polar surface area (TPSA) is 102 Å². The van der Waals surface area contributed by atoms with Crippen LogP contribution in [0.2, 0.25) is 0 Å². The average molecular weight is 377 g/mol. The number of nitrogens with zero attached hydrogens (tertiary/aromatic N) is 2. The Morgan fingerprint density at radius 3 is 2.71 bits per heavy atom. The average Bonchev–Trinajstić information content (AvgIpc) is 2.74. The van der Waals surface area contributed by atoms with Gasteiger partial charge in [-0.15, -0.1) is 0 Å². The number of nitrogens with one attached hydrogen (secondary N) is 2. The molecule has 1 amide bonds. The lowest BCUT2D eigenvalue weighted by atomic mass is 9.99. The van der Waals surface area contributed by atoms with Gasteiger partial charge in [-0.3, -0.25) is 4.79 Å². The highest BCUT2D eigenvalue weighted by Crippen LogP contribution is 2.31. The van der Waals surface area contributed by atoms with E-state index in [0.29, 0.717) is 11.1 Å². The van der Waals surface area contributed by atoms with E-state index >= 15 is 0 Å². The molecule has 0 aliphatic carbocycles. The van der Waals surface area contributed by atoms with Gasteiger partial charge in [0.15, 0.2) is 0 Å². The van der Waals surface area contributed by atoms with Crippen molar-refractivity contribution in [1.82, 2.24) is 15.3 Å². The highest BCUT2D eigenvalue weighted by atomic mass is 16.5. The molecular formula is C21H23N5O2. The highest BCUT2D eigenvalue weighted by molar-refractivity contribution is 6.08. The predicted octanol–water partition coefficient (Wildman–Crippen LogP) is 2.57. The van der Waals surface area contributed by atoms with E-state index in [-0.39, 0.29) is 6.04 Å². The Hall–Kier alpha value is -3.19. The summed E-state index contributed by atoms with van der Waals surface area (Å²) in [6.45, 7) is 1.92. The summed E-state index contributed by atoms with van der Waals surface area (Å²) in [5.41, 5.74) is 8.44. The number of amides is 1. The molecule has 1 fully saturated rings. The Morgan fingerprint density at radius 2 is 2.04 bits per heavy atom. The van der Waals surface area contributed by atoms with Crippen molar-refractivity contribution in [1.29, 1.82) is 0 Å². The Labute approximate surface area is 163 Å². The molecule has 7 nitrogen and oxygen atoms in total. The van der Waals surface area contributed by atoms with Crippen molar-refractivity contribution in [3.05, 3.63) is 48.3 Å². The molecule has 1 unspecified atom stereocenters. The van der Waals surface area contributed by atoms with Crippen LogP contribution in [0, 0.1) is 0 Å². The van der Waals surface area contributed by atoms with Crippen LogP contribution in [0.3, 0.4) is 0 Å². The van der Waals surface area contributed by atoms with Crippen LogP contribution in [-0.4, -0.2) is 42.1 Å². The Balaban J connectivity index is 1.82. The summed E-state index contributed by atoms with van der Waals surface area (Å²) >= 11 is 0. The van der Waals surface area contributed by atoms with E-state index < -0.39 is 5.91 Å². The summed E-state index contributed by atoms with van der Waals surface area (Å²) in [6, 6.07) is 11.7. The molecule has 7 heteroatoms. The zero-order valence-corrected chi connectivity index (χ0v) is 15.7. The molecule has 1 aromatic heterocycles. The van der Waals surface area contributed by atoms with Gasteiger partial charge < -0.3 is 21.1 Å². The van der Waals surface area contributed by atoms with Crippen LogP contribution in [-0.2, 0) is 0 Å². The van der Waals surface area contributed by atoms with Crippen molar-refractivity contribution in [2.45, 2.75) is 18.9 Å². The standard InChI is InChI=1S/C21H23N5O2/c1-28-16-6-4-13(5-7-16)14-9-17(20(22)27)19-18(10-14)21(25-12-24-19)26-15-3-2-8-23-11-15/h4-7,9-10,12,15,23H,2-3,8,11H2,1H3,(H2,22,27)(H,24,25,26). The number of carbonyl (C=O) groups excluding carboxylic acids is 1. The van der Waals surface area contributed by atoms with Crippen molar-refractivity contribution >= 4 is 22.6 Å². The number of nitrogens with two attached hydrogens (primary N) is 1. The molecule has 2 heterocycles. The first-order valence-electron chi connectivity index (χ1n) is 9.36. The van der Waals surface area contributed by atoms with Gasteiger partial charge in [-0.2, -0.15) is 0 Å². The van der Waals surface area contributed by atoms with E-state index in [1.54, 1.807) is 13.2 Å². The van der Waals surface area contributed by atoms with Gasteiger partial charge in [0.25, 0.3) is 5.91 Å². The minimum Gasteiger partial charge on any atom is -0.497 e. The predicted molar refractivity (Wildman–Crippen MR) is 110 cm³/mol. The molecule has 0 bridgehead atoms. The van der Waals surface area contributed by atoms with Crippen molar-refractivity contribution in [3.63, 3.8) is 0 Å². The normalized spacial score (nSPS) is 16.7. The summed E-state index contributed by atoms with van der Waals surface area (Å²) in [5, 5.41) is 7.68. The lowest BCUT2D eigenvalue weighted by Gasteiger charge is -2.25. The van der Waals surface area contributed by atoms with Gasteiger partial charge in [0.2, 0.25) is 0 Å². The molecule has 0 spiro atoms. The number of hydrogen-bond acceptors (Lipinski definition) is 6. The van der Waals surface area contributed by atoms with E-state index in [2.05, 4.69) is 20.6 Å². The number of piperidine rings is 1. The first-order valence-corrected chi connectivity index (χ1v) is 9.36. The second-order valence-corrected chi connectivity index (χ2v) is 6.92. The van der Waals surface area contributed by atoms with Gasteiger partial charge in [-0.1, -0.05) is 12.1 Å². The van der Waals surface area contributed by atoms with Crippen LogP contribution in [0.5, 0.6) is 5.75 Å². The third-order valence-electron chi connectivity index (χ3n) is 5.07. The zero-order valence-electron chi connectivity index (χ0n) is 15.7. The fraction of sp³-hybridized carbons (Fsp3) is 0.286. The highest BCUT2D eigenvalue weighted by Gasteiger charge is 2.18. The summed E-state index contributed by atoms with van der Waals surface area (Å²) in [5.74, 6) is 0.982. The Morgan fingerprint density at radius 1 is 1.21 bits per heavy atom. The molecular weight excluding hydrogens is 354 g/mol.